The van der Waals surface area contributed by atoms with Crippen LogP contribution in [0, 0.1) is 5.82 Å². The van der Waals surface area contributed by atoms with Crippen LogP contribution in [0.15, 0.2) is 16.6 Å². The molecule has 14 heavy (non-hydrogen) atoms. The first-order valence-electron chi connectivity index (χ1n) is 3.80. The van der Waals surface area contributed by atoms with E-state index in [-0.39, 0.29) is 10.6 Å². The Balaban J connectivity index is 3.26. The Kier molecular flexibility index (Phi) is 3.50. The van der Waals surface area contributed by atoms with E-state index < -0.39 is 17.7 Å². The maximum Gasteiger partial charge on any atom is 0.310 e. The van der Waals surface area contributed by atoms with Crippen molar-refractivity contribution < 1.29 is 14.3 Å². The molecule has 0 heterocycles. The van der Waals surface area contributed by atoms with Gasteiger partial charge in [0.1, 0.15) is 5.82 Å². The zero-order valence-corrected chi connectivity index (χ0v) is 9.56. The zero-order valence-electron chi connectivity index (χ0n) is 7.22. The normalized spacial score (nSPS) is 12.6. The molecule has 0 aromatic heterocycles. The molecule has 0 aliphatic rings. The van der Waals surface area contributed by atoms with Gasteiger partial charge in [-0.2, -0.15) is 0 Å². The molecule has 0 aliphatic carbocycles. The highest BCUT2D eigenvalue weighted by Crippen LogP contribution is 2.30. The van der Waals surface area contributed by atoms with Crippen molar-refractivity contribution in [3.8, 4) is 0 Å². The molecule has 0 bridgehead atoms. The van der Waals surface area contributed by atoms with Gasteiger partial charge in [-0.25, -0.2) is 4.39 Å². The van der Waals surface area contributed by atoms with Gasteiger partial charge in [0.15, 0.2) is 0 Å². The lowest BCUT2D eigenvalue weighted by molar-refractivity contribution is -0.138. The lowest BCUT2D eigenvalue weighted by Gasteiger charge is -2.09. The van der Waals surface area contributed by atoms with Crippen LogP contribution in [0.3, 0.4) is 0 Å². The first kappa shape index (κ1) is 11.5. The smallest absolute Gasteiger partial charge is 0.310 e. The predicted octanol–water partition coefficient (Wildman–Crippen LogP) is 3.43. The summed E-state index contributed by atoms with van der Waals surface area (Å²) in [6.07, 6.45) is 0. The number of carboxylic acids is 1. The average Bonchev–Trinajstić information content (AvgIpc) is 2.09. The summed E-state index contributed by atoms with van der Waals surface area (Å²) in [6, 6.07) is 2.70. The minimum atomic E-state index is -1.04. The van der Waals surface area contributed by atoms with Gasteiger partial charge in [-0.15, -0.1) is 0 Å². The van der Waals surface area contributed by atoms with E-state index in [1.54, 1.807) is 0 Å². The lowest BCUT2D eigenvalue weighted by atomic mass is 10.0. The molecule has 76 valence electrons. The van der Waals surface area contributed by atoms with E-state index in [9.17, 15) is 9.18 Å². The summed E-state index contributed by atoms with van der Waals surface area (Å²) in [6.45, 7) is 1.45. The van der Waals surface area contributed by atoms with Crippen molar-refractivity contribution in [2.45, 2.75) is 12.8 Å². The van der Waals surface area contributed by atoms with Gasteiger partial charge >= 0.3 is 5.97 Å². The third kappa shape index (κ3) is 2.25. The second-order valence-corrected chi connectivity index (χ2v) is 4.14. The topological polar surface area (TPSA) is 37.3 Å². The molecule has 0 saturated carbocycles. The number of aliphatic carboxylic acids is 1. The van der Waals surface area contributed by atoms with Crippen molar-refractivity contribution in [2.24, 2.45) is 0 Å². The number of carbonyl (C=O) groups is 1. The van der Waals surface area contributed by atoms with Crippen molar-refractivity contribution in [1.29, 1.82) is 0 Å². The SMILES string of the molecule is CC(C(=O)O)c1cc(Br)cc(F)c1Cl. The monoisotopic (exact) mass is 280 g/mol. The van der Waals surface area contributed by atoms with Gasteiger partial charge < -0.3 is 5.11 Å². The molecule has 1 N–H and O–H groups in total. The minimum absolute atomic E-state index is 0.136. The largest absolute Gasteiger partial charge is 0.481 e. The van der Waals surface area contributed by atoms with E-state index in [0.29, 0.717) is 4.47 Å². The highest BCUT2D eigenvalue weighted by molar-refractivity contribution is 9.10. The van der Waals surface area contributed by atoms with Gasteiger partial charge in [0.25, 0.3) is 0 Å². The Morgan fingerprint density at radius 1 is 1.64 bits per heavy atom. The molecule has 0 fully saturated rings. The van der Waals surface area contributed by atoms with E-state index >= 15 is 0 Å². The molecule has 1 atom stereocenters. The Morgan fingerprint density at radius 2 is 2.21 bits per heavy atom. The summed E-state index contributed by atoms with van der Waals surface area (Å²) in [5.74, 6) is -2.48. The molecule has 0 spiro atoms. The Labute approximate surface area is 93.8 Å². The van der Waals surface area contributed by atoms with Crippen molar-refractivity contribution in [3.63, 3.8) is 0 Å². The van der Waals surface area contributed by atoms with E-state index in [0.717, 1.165) is 0 Å². The summed E-state index contributed by atoms with van der Waals surface area (Å²) in [4.78, 5) is 10.7. The fraction of sp³-hybridized carbons (Fsp3) is 0.222. The van der Waals surface area contributed by atoms with Gasteiger partial charge in [0.2, 0.25) is 0 Å². The highest BCUT2D eigenvalue weighted by Gasteiger charge is 2.19. The van der Waals surface area contributed by atoms with Crippen LogP contribution in [0.25, 0.3) is 0 Å². The fourth-order valence-electron chi connectivity index (χ4n) is 1.02. The van der Waals surface area contributed by atoms with Gasteiger partial charge in [0.05, 0.1) is 10.9 Å². The number of halogens is 3. The molecule has 0 amide bonds. The number of rotatable bonds is 2. The average molecular weight is 282 g/mol. The third-order valence-corrected chi connectivity index (χ3v) is 2.71. The molecule has 1 unspecified atom stereocenters. The molecule has 1 rings (SSSR count). The second kappa shape index (κ2) is 4.28. The number of benzene rings is 1. The van der Waals surface area contributed by atoms with Crippen molar-refractivity contribution in [1.82, 2.24) is 0 Å². The van der Waals surface area contributed by atoms with Crippen LogP contribution < -0.4 is 0 Å². The van der Waals surface area contributed by atoms with Crippen molar-refractivity contribution in [2.75, 3.05) is 0 Å². The fourth-order valence-corrected chi connectivity index (χ4v) is 1.74. The first-order chi connectivity index (χ1) is 6.43. The molecule has 5 heteroatoms. The molecule has 0 aliphatic heterocycles. The van der Waals surface area contributed by atoms with Crippen molar-refractivity contribution in [3.05, 3.63) is 33.0 Å². The summed E-state index contributed by atoms with van der Waals surface area (Å²) in [5, 5.41) is 8.61. The van der Waals surface area contributed by atoms with Crippen LogP contribution in [0.1, 0.15) is 18.4 Å². The maximum absolute atomic E-state index is 13.1. The molecule has 2 nitrogen and oxygen atoms in total. The Bertz CT molecular complexity index is 381. The highest BCUT2D eigenvalue weighted by atomic mass is 79.9. The summed E-state index contributed by atoms with van der Waals surface area (Å²) in [7, 11) is 0. The van der Waals surface area contributed by atoms with E-state index in [1.165, 1.54) is 19.1 Å². The van der Waals surface area contributed by atoms with Crippen LogP contribution in [0.5, 0.6) is 0 Å². The molecular formula is C9H7BrClFO2. The second-order valence-electron chi connectivity index (χ2n) is 2.85. The Hall–Kier alpha value is -0.610. The number of hydrogen-bond acceptors (Lipinski definition) is 1. The van der Waals surface area contributed by atoms with E-state index in [4.69, 9.17) is 16.7 Å². The third-order valence-electron chi connectivity index (χ3n) is 1.86. The van der Waals surface area contributed by atoms with Crippen LogP contribution in [-0.4, -0.2) is 11.1 Å². The van der Waals surface area contributed by atoms with Crippen molar-refractivity contribution >= 4 is 33.5 Å². The van der Waals surface area contributed by atoms with Crippen LogP contribution in [0.2, 0.25) is 5.02 Å². The lowest BCUT2D eigenvalue weighted by Crippen LogP contribution is -2.08. The molecule has 1 aromatic carbocycles. The van der Waals surface area contributed by atoms with Gasteiger partial charge in [-0.1, -0.05) is 27.5 Å². The van der Waals surface area contributed by atoms with Crippen LogP contribution in [0.4, 0.5) is 4.39 Å². The summed E-state index contributed by atoms with van der Waals surface area (Å²) in [5.41, 5.74) is 0.269. The quantitative estimate of drug-likeness (QED) is 0.843. The van der Waals surface area contributed by atoms with E-state index in [2.05, 4.69) is 15.9 Å². The van der Waals surface area contributed by atoms with Crippen LogP contribution >= 0.6 is 27.5 Å². The zero-order chi connectivity index (χ0) is 10.9. The minimum Gasteiger partial charge on any atom is -0.481 e. The summed E-state index contributed by atoms with van der Waals surface area (Å²) < 4.78 is 13.6. The molecule has 0 radical (unpaired) electrons. The van der Waals surface area contributed by atoms with E-state index in [1.807, 2.05) is 0 Å². The standard InChI is InChI=1S/C9H7BrClFO2/c1-4(9(13)14)6-2-5(10)3-7(12)8(6)11/h2-4H,1H3,(H,13,14). The predicted molar refractivity (Wildman–Crippen MR) is 55.2 cm³/mol. The van der Waals surface area contributed by atoms with Gasteiger partial charge in [-0.3, -0.25) is 4.79 Å². The first-order valence-corrected chi connectivity index (χ1v) is 4.98. The summed E-state index contributed by atoms with van der Waals surface area (Å²) >= 11 is 8.72. The number of carboxylic acid groups (broad SMARTS) is 1. The Morgan fingerprint density at radius 3 is 2.71 bits per heavy atom. The van der Waals surface area contributed by atoms with Crippen LogP contribution in [-0.2, 0) is 4.79 Å². The van der Waals surface area contributed by atoms with Gasteiger partial charge in [0, 0.05) is 4.47 Å². The molecule has 0 saturated heterocycles. The molecule has 1 aromatic rings. The molecular weight excluding hydrogens is 274 g/mol. The number of hydrogen-bond donors (Lipinski definition) is 1. The maximum atomic E-state index is 13.1. The van der Waals surface area contributed by atoms with Gasteiger partial charge in [-0.05, 0) is 24.6 Å².